The van der Waals surface area contributed by atoms with Gasteiger partial charge < -0.3 is 60.3 Å². The zero-order valence-corrected chi connectivity index (χ0v) is 82.8. The third-order valence-corrected chi connectivity index (χ3v) is 22.7. The summed E-state index contributed by atoms with van der Waals surface area (Å²) in [5.41, 5.74) is 9.40. The van der Waals surface area contributed by atoms with Gasteiger partial charge in [0, 0.05) is 117 Å². The first-order valence-corrected chi connectivity index (χ1v) is 48.2. The molecule has 30 heteroatoms. The van der Waals surface area contributed by atoms with Crippen LogP contribution in [0.5, 0.6) is 35.3 Å². The van der Waals surface area contributed by atoms with Crippen LogP contribution in [-0.4, -0.2) is 100 Å². The Bertz CT molecular complexity index is 6320. The van der Waals surface area contributed by atoms with Gasteiger partial charge >= 0.3 is 0 Å². The maximum Gasteiger partial charge on any atom is 0.258 e. The number of hydrogen-bond donors (Lipinski definition) is 6. The Morgan fingerprint density at radius 2 is 0.683 bits per heavy atom. The molecule has 0 radical (unpaired) electrons. The summed E-state index contributed by atoms with van der Waals surface area (Å²) < 4.78 is 86.4. The van der Waals surface area contributed by atoms with Crippen molar-refractivity contribution in [3.05, 3.63) is 406 Å². The smallest absolute Gasteiger partial charge is 0.258 e. The van der Waals surface area contributed by atoms with Crippen LogP contribution in [-0.2, 0) is 39.6 Å². The summed E-state index contributed by atoms with van der Waals surface area (Å²) in [5, 5.41) is 17.2. The standard InChI is InChI=1S/C21H26N2O2.C20H16F2N2O2.C19H21FN2O2.C19H23FN2O2.C19H24N2O2.C17H14N4O2/c1-16(18-10-6-3-7-11-18)23-21(24)19-12-13-20(22-14-19)25-15-17-8-4-2-5-9-17;1-13-5-7-18(17(22)9-13)24-20(25)15-6-8-19(23-11-15)26-12-14-3-2-4-16(21)10-14;20-16-6-4-5-14(11-16)13-24-18-10-9-15(12-21-18)19(23)22-17-7-2-1-3-8-17;1-19(2,3)9-10-21-18(23)15-7-8-17(22-12-15)24-13-14-5-4-6-16(20)11-14;1-19(2,3)11-12-20-18(22)16-9-10-17(21-13-16)23-14-15-7-5-4-6-8-15;22-17(21-15-3-1-2-8-19-15)14-4-5-16(20-11-14)23-12-13-6-9-18-10-7-13/h2,4-5,8-9,12-14,16,18H,3,6-7,10-11,15H2,1H3,(H,23,24);2-11H,12H2,1H3,(H,24,25);4-6,9-12,17H,1-3,7-8,13H2,(H,22,23);4-8,11-12H,9-10,13H2,1-3H3,(H,21,23);4-10,13H,11-12,14H2,1-3H3,(H,20,22);1-11H,12H2,(H,19,21,22)/t16-;;;;;/m1...../s1. The highest BCUT2D eigenvalue weighted by molar-refractivity contribution is 6.04. The number of pyridine rings is 8. The Kier molecular flexibility index (Phi) is 43.5. The number of rotatable bonds is 33. The summed E-state index contributed by atoms with van der Waals surface area (Å²) in [6, 6.07) is 72.5. The number of aryl methyl sites for hydroxylation is 1. The van der Waals surface area contributed by atoms with Gasteiger partial charge in [-0.1, -0.05) is 189 Å². The number of anilines is 2. The number of nitrogens with one attached hydrogen (secondary N) is 6. The molecule has 26 nitrogen and oxygen atoms in total. The summed E-state index contributed by atoms with van der Waals surface area (Å²) in [6.45, 7) is 20.0. The van der Waals surface area contributed by atoms with Crippen LogP contribution in [0.15, 0.2) is 311 Å². The van der Waals surface area contributed by atoms with Crippen LogP contribution < -0.4 is 60.3 Å². The molecule has 1 atom stereocenters. The molecule has 0 spiro atoms. The lowest BCUT2D eigenvalue weighted by atomic mass is 9.84. The molecule has 145 heavy (non-hydrogen) atoms. The van der Waals surface area contributed by atoms with Crippen LogP contribution in [0, 0.1) is 46.9 Å². The predicted octanol–water partition coefficient (Wildman–Crippen LogP) is 23.2. The van der Waals surface area contributed by atoms with Gasteiger partial charge in [0.05, 0.1) is 39.1 Å². The fourth-order valence-corrected chi connectivity index (χ4v) is 14.5. The van der Waals surface area contributed by atoms with E-state index in [-0.39, 0.29) is 101 Å². The fourth-order valence-electron chi connectivity index (χ4n) is 14.5. The van der Waals surface area contributed by atoms with Gasteiger partial charge in [-0.3, -0.25) is 33.8 Å². The Labute approximate surface area is 844 Å². The summed E-state index contributed by atoms with van der Waals surface area (Å²) in [6.07, 6.45) is 27.8. The number of benzene rings is 6. The van der Waals surface area contributed by atoms with Crippen molar-refractivity contribution < 1.29 is 74.8 Å². The van der Waals surface area contributed by atoms with Gasteiger partial charge in [0.25, 0.3) is 35.4 Å². The molecule has 6 aromatic carbocycles. The molecular formula is C115H124F4N14O12. The summed E-state index contributed by atoms with van der Waals surface area (Å²) in [4.78, 5) is 106. The summed E-state index contributed by atoms with van der Waals surface area (Å²) in [7, 11) is 0. The highest BCUT2D eigenvalue weighted by atomic mass is 19.1. The molecule has 8 aromatic heterocycles. The molecule has 0 bridgehead atoms. The van der Waals surface area contributed by atoms with E-state index in [1.54, 1.807) is 159 Å². The van der Waals surface area contributed by atoms with Crippen molar-refractivity contribution >= 4 is 46.9 Å². The van der Waals surface area contributed by atoms with E-state index >= 15 is 0 Å². The first-order chi connectivity index (χ1) is 70.0. The lowest BCUT2D eigenvalue weighted by molar-refractivity contribution is 0.0913. The van der Waals surface area contributed by atoms with Crippen molar-refractivity contribution in [2.24, 2.45) is 16.7 Å². The molecule has 0 unspecified atom stereocenters. The summed E-state index contributed by atoms with van der Waals surface area (Å²) >= 11 is 0. The zero-order chi connectivity index (χ0) is 103. The fraction of sp³-hybridized carbons (Fsp3) is 0.287. The zero-order valence-electron chi connectivity index (χ0n) is 82.8. The van der Waals surface area contributed by atoms with Gasteiger partial charge in [-0.2, -0.15) is 0 Å². The Morgan fingerprint density at radius 3 is 1.04 bits per heavy atom. The number of aromatic nitrogens is 8. The molecule has 2 fully saturated rings. The van der Waals surface area contributed by atoms with E-state index < -0.39 is 11.7 Å². The minimum atomic E-state index is -0.499. The van der Waals surface area contributed by atoms with Crippen LogP contribution in [0.4, 0.5) is 29.1 Å². The van der Waals surface area contributed by atoms with E-state index in [2.05, 4.69) is 120 Å². The molecule has 2 saturated carbocycles. The molecule has 6 N–H and O–H groups in total. The second kappa shape index (κ2) is 57.7. The molecule has 6 amide bonds. The molecular weight excluding hydrogens is 1850 g/mol. The average molecular weight is 1970 g/mol. The van der Waals surface area contributed by atoms with Crippen LogP contribution in [0.25, 0.3) is 0 Å². The molecule has 14 aromatic rings. The van der Waals surface area contributed by atoms with Gasteiger partial charge in [-0.05, 0) is 217 Å². The van der Waals surface area contributed by atoms with Crippen molar-refractivity contribution in [1.29, 1.82) is 0 Å². The van der Waals surface area contributed by atoms with Gasteiger partial charge in [-0.15, -0.1) is 0 Å². The summed E-state index contributed by atoms with van der Waals surface area (Å²) in [5.74, 6) is 1.12. The van der Waals surface area contributed by atoms with Crippen molar-refractivity contribution in [3.63, 3.8) is 0 Å². The lowest BCUT2D eigenvalue weighted by Crippen LogP contribution is -2.38. The van der Waals surface area contributed by atoms with Gasteiger partial charge in [-0.25, -0.2) is 52.4 Å². The highest BCUT2D eigenvalue weighted by Gasteiger charge is 2.24. The van der Waals surface area contributed by atoms with Crippen molar-refractivity contribution in [2.45, 2.75) is 184 Å². The number of amides is 6. The first kappa shape index (κ1) is 109. The van der Waals surface area contributed by atoms with Crippen LogP contribution in [0.1, 0.15) is 227 Å². The molecule has 2 aliphatic rings. The largest absolute Gasteiger partial charge is 0.473 e. The van der Waals surface area contributed by atoms with Gasteiger partial charge in [0.2, 0.25) is 35.3 Å². The minimum absolute atomic E-state index is 0.0554. The quantitative estimate of drug-likeness (QED) is 0.0208. The monoisotopic (exact) mass is 1970 g/mol. The maximum atomic E-state index is 13.8. The highest BCUT2D eigenvalue weighted by Crippen LogP contribution is 2.29. The SMILES string of the molecule is CC(C)(C)CCNC(=O)c1ccc(OCc2cccc(F)c2)nc1.CC(C)(C)CCNC(=O)c1ccc(OCc2ccccc2)nc1.C[C@@H](NC(=O)c1ccc(OCc2ccccc2)nc1)C1CCCCC1.Cc1ccc(NC(=O)c2ccc(OCc3cccc(F)c3)nc2)c(F)c1.O=C(NC1CCCCC1)c1ccc(OCc2cccc(F)c2)nc1.O=C(Nc1ccccn1)c1ccc(OCc2ccncc2)nc1. The number of hydrogen-bond acceptors (Lipinski definition) is 20. The number of carbonyl (C=O) groups excluding carboxylic acids is 6. The Balaban J connectivity index is 0.000000166. The third kappa shape index (κ3) is 40.8. The second-order valence-corrected chi connectivity index (χ2v) is 37.0. The average Bonchev–Trinajstić information content (AvgIpc) is 0.843. The molecule has 754 valence electrons. The van der Waals surface area contributed by atoms with Gasteiger partial charge in [0.1, 0.15) is 68.7 Å². The Morgan fingerprint density at radius 1 is 0.338 bits per heavy atom. The third-order valence-electron chi connectivity index (χ3n) is 22.7. The normalized spacial score (nSPS) is 12.4. The molecule has 8 heterocycles. The predicted molar refractivity (Wildman–Crippen MR) is 550 cm³/mol. The Hall–Kier alpha value is -16.1. The van der Waals surface area contributed by atoms with Crippen LogP contribution >= 0.6 is 0 Å². The van der Waals surface area contributed by atoms with E-state index in [1.165, 1.54) is 137 Å². The van der Waals surface area contributed by atoms with E-state index in [0.29, 0.717) is 113 Å². The maximum absolute atomic E-state index is 13.8. The first-order valence-electron chi connectivity index (χ1n) is 48.2. The molecule has 0 saturated heterocycles. The van der Waals surface area contributed by atoms with E-state index in [1.807, 2.05) is 72.8 Å². The van der Waals surface area contributed by atoms with E-state index in [4.69, 9.17) is 28.4 Å². The van der Waals surface area contributed by atoms with Gasteiger partial charge in [0.15, 0.2) is 0 Å². The van der Waals surface area contributed by atoms with Crippen molar-refractivity contribution in [3.8, 4) is 35.3 Å². The van der Waals surface area contributed by atoms with E-state index in [0.717, 1.165) is 59.1 Å². The van der Waals surface area contributed by atoms with Crippen LogP contribution in [0.3, 0.4) is 0 Å². The molecule has 2 aliphatic carbocycles. The minimum Gasteiger partial charge on any atom is -0.473 e. The van der Waals surface area contributed by atoms with Crippen molar-refractivity contribution in [2.75, 3.05) is 23.7 Å². The number of carbonyl (C=O) groups is 6. The molecule has 0 aliphatic heterocycles. The number of ether oxygens (including phenoxy) is 6. The number of nitrogens with zero attached hydrogens (tertiary/aromatic N) is 8. The second-order valence-electron chi connectivity index (χ2n) is 37.0. The topological polar surface area (TPSA) is 333 Å². The lowest BCUT2D eigenvalue weighted by Gasteiger charge is -2.28. The number of halogens is 4. The van der Waals surface area contributed by atoms with Crippen LogP contribution in [0.2, 0.25) is 0 Å². The van der Waals surface area contributed by atoms with E-state index in [9.17, 15) is 46.3 Å². The molecule has 16 rings (SSSR count). The van der Waals surface area contributed by atoms with Crippen molar-refractivity contribution in [1.82, 2.24) is 61.1 Å².